The molecule has 2 aliphatic heterocycles. The Kier molecular flexibility index (Phi) is 10.9. The number of nitrogens with zero attached hydrogens (tertiary/aromatic N) is 2. The number of aromatic nitrogens is 1. The number of sulfonamides is 1. The average molecular weight is 812 g/mol. The maximum atomic E-state index is 14.8. The number of ether oxygens (including phenoxy) is 3. The van der Waals surface area contributed by atoms with Crippen LogP contribution in [0.3, 0.4) is 0 Å². The molecule has 1 aromatic heterocycles. The summed E-state index contributed by atoms with van der Waals surface area (Å²) in [4.78, 5) is 62.6. The minimum atomic E-state index is -3.91. The first-order valence-electron chi connectivity index (χ1n) is 20.2. The molecule has 3 saturated carbocycles. The van der Waals surface area contributed by atoms with Gasteiger partial charge in [-0.05, 0) is 56.9 Å². The van der Waals surface area contributed by atoms with Crippen molar-refractivity contribution in [2.75, 3.05) is 20.3 Å². The van der Waals surface area contributed by atoms with Gasteiger partial charge in [0.1, 0.15) is 35.2 Å². The Bertz CT molecular complexity index is 2260. The standard InChI is InChI=1S/C43H49N5O9S/c1-3-29-24-43(29,41(51)47-58(53,54)31-17-18-31)46-39(49)35-21-30-25-48(35)40(50)38(27-14-9-10-15-27)45-42(52)56-19-11-5-8-16-28-20-32-34(23-36(28)55-2)44-33(22-37(32)57-30)26-12-6-4-7-13-26/h3-4,6-8,12-13,16,20,22-23,27,29-31,35,38H,1,5,9-11,14-15,17-19,21,24-25H2,2H3,(H,45,52)(H,46,49)(H,47,51)/t29-,30-,35+,38+,43-/m1/s1. The number of nitrogens with one attached hydrogen (secondary N) is 3. The van der Waals surface area contributed by atoms with E-state index in [1.165, 1.54) is 11.0 Å². The average Bonchev–Trinajstić information content (AvgIpc) is 4.09. The number of pyridine rings is 1. The van der Waals surface area contributed by atoms with E-state index >= 15 is 0 Å². The van der Waals surface area contributed by atoms with Crippen LogP contribution in [0.5, 0.6) is 11.5 Å². The van der Waals surface area contributed by atoms with Crippen LogP contribution in [-0.2, 0) is 29.1 Å². The summed E-state index contributed by atoms with van der Waals surface area (Å²) in [5, 5.41) is 5.75. The topological polar surface area (TPSA) is 182 Å². The Labute approximate surface area is 337 Å². The van der Waals surface area contributed by atoms with Gasteiger partial charge in [-0.2, -0.15) is 0 Å². The van der Waals surface area contributed by atoms with Gasteiger partial charge in [-0.3, -0.25) is 19.1 Å². The predicted molar refractivity (Wildman–Crippen MR) is 216 cm³/mol. The second kappa shape index (κ2) is 16.1. The molecule has 3 aliphatic carbocycles. The van der Waals surface area contributed by atoms with Gasteiger partial charge in [0, 0.05) is 41.0 Å². The van der Waals surface area contributed by atoms with Gasteiger partial charge in [0.05, 0.1) is 36.7 Å². The Morgan fingerprint density at radius 1 is 1.07 bits per heavy atom. The minimum Gasteiger partial charge on any atom is -0.496 e. The van der Waals surface area contributed by atoms with E-state index < -0.39 is 68.7 Å². The Morgan fingerprint density at radius 3 is 2.55 bits per heavy atom. The van der Waals surface area contributed by atoms with E-state index in [1.54, 1.807) is 7.11 Å². The quantitative estimate of drug-likeness (QED) is 0.248. The number of benzene rings is 2. The van der Waals surface area contributed by atoms with E-state index in [0.29, 0.717) is 66.6 Å². The summed E-state index contributed by atoms with van der Waals surface area (Å²) in [6.07, 6.45) is 9.49. The number of cyclic esters (lactones) is 1. The van der Waals surface area contributed by atoms with Crippen molar-refractivity contribution in [1.29, 1.82) is 0 Å². The second-order valence-electron chi connectivity index (χ2n) is 16.0. The number of rotatable bonds is 9. The largest absolute Gasteiger partial charge is 0.496 e. The van der Waals surface area contributed by atoms with Crippen molar-refractivity contribution in [2.45, 2.75) is 93.2 Å². The van der Waals surface area contributed by atoms with Crippen molar-refractivity contribution in [3.63, 3.8) is 0 Å². The molecule has 0 unspecified atom stereocenters. The van der Waals surface area contributed by atoms with Crippen molar-refractivity contribution in [3.05, 3.63) is 72.8 Å². The molecule has 4 bridgehead atoms. The van der Waals surface area contributed by atoms with E-state index in [2.05, 4.69) is 21.9 Å². The molecular weight excluding hydrogens is 763 g/mol. The lowest BCUT2D eigenvalue weighted by molar-refractivity contribution is -0.142. The fourth-order valence-electron chi connectivity index (χ4n) is 8.57. The molecule has 5 atom stereocenters. The number of carbonyl (C=O) groups excluding carboxylic acids is 4. The molecule has 4 amide bonds. The third-order valence-electron chi connectivity index (χ3n) is 12.0. The normalized spacial score (nSPS) is 26.5. The molecule has 306 valence electrons. The first-order chi connectivity index (χ1) is 28.0. The van der Waals surface area contributed by atoms with Gasteiger partial charge < -0.3 is 29.7 Å². The van der Waals surface area contributed by atoms with Crippen molar-refractivity contribution in [1.82, 2.24) is 25.2 Å². The van der Waals surface area contributed by atoms with Crippen LogP contribution >= 0.6 is 0 Å². The number of methoxy groups -OCH3 is 1. The highest BCUT2D eigenvalue weighted by Gasteiger charge is 2.62. The van der Waals surface area contributed by atoms with Crippen LogP contribution in [0.15, 0.2) is 67.3 Å². The molecule has 14 nitrogen and oxygen atoms in total. The SMILES string of the molecule is C=C[C@@H]1C[C@]1(NC(=O)[C@@H]1C[C@@H]2CN1C(=O)[C@H](C1CCCC1)NC(=O)OCCCC=Cc1cc3c(cc(-c4ccccc4)nc3cc1OC)O2)C(=O)NS(=O)(=O)C1CC1. The van der Waals surface area contributed by atoms with E-state index in [0.717, 1.165) is 24.0 Å². The summed E-state index contributed by atoms with van der Waals surface area (Å²) in [6.45, 7) is 3.93. The molecule has 58 heavy (non-hydrogen) atoms. The van der Waals surface area contributed by atoms with Crippen LogP contribution in [0.4, 0.5) is 4.79 Å². The predicted octanol–water partition coefficient (Wildman–Crippen LogP) is 5.02. The molecule has 3 heterocycles. The smallest absolute Gasteiger partial charge is 0.407 e. The molecule has 0 radical (unpaired) electrons. The molecule has 8 rings (SSSR count). The number of amides is 4. The van der Waals surface area contributed by atoms with Crippen LogP contribution in [-0.4, -0.2) is 91.4 Å². The van der Waals surface area contributed by atoms with Gasteiger partial charge >= 0.3 is 6.09 Å². The lowest BCUT2D eigenvalue weighted by Crippen LogP contribution is -2.59. The van der Waals surface area contributed by atoms with E-state index in [9.17, 15) is 27.6 Å². The van der Waals surface area contributed by atoms with Gasteiger partial charge in [0.2, 0.25) is 21.8 Å². The van der Waals surface area contributed by atoms with Crippen LogP contribution in [0.1, 0.15) is 69.8 Å². The second-order valence-corrected chi connectivity index (χ2v) is 18.0. The Hall–Kier alpha value is -5.44. The van der Waals surface area contributed by atoms with E-state index in [1.807, 2.05) is 60.7 Å². The summed E-state index contributed by atoms with van der Waals surface area (Å²) >= 11 is 0. The minimum absolute atomic E-state index is 0.00951. The first kappa shape index (κ1) is 39.4. The van der Waals surface area contributed by atoms with Crippen molar-refractivity contribution in [3.8, 4) is 22.8 Å². The summed E-state index contributed by atoms with van der Waals surface area (Å²) in [6, 6.07) is 13.2. The fraction of sp³-hybridized carbons (Fsp3) is 0.465. The number of fused-ring (bicyclic) bond motifs is 3. The lowest BCUT2D eigenvalue weighted by atomic mass is 9.96. The number of allylic oxidation sites excluding steroid dienone is 1. The van der Waals surface area contributed by atoms with Crippen molar-refractivity contribution < 1.29 is 41.8 Å². The van der Waals surface area contributed by atoms with Crippen LogP contribution in [0.25, 0.3) is 28.2 Å². The maximum Gasteiger partial charge on any atom is 0.407 e. The van der Waals surface area contributed by atoms with Gasteiger partial charge in [0.15, 0.2) is 0 Å². The van der Waals surface area contributed by atoms with Gasteiger partial charge in [0.25, 0.3) is 5.91 Å². The van der Waals surface area contributed by atoms with E-state index in [-0.39, 0.29) is 31.9 Å². The van der Waals surface area contributed by atoms with Gasteiger partial charge in [-0.15, -0.1) is 6.58 Å². The molecule has 1 saturated heterocycles. The lowest BCUT2D eigenvalue weighted by Gasteiger charge is -2.32. The molecule has 3 aromatic rings. The van der Waals surface area contributed by atoms with Crippen LogP contribution < -0.4 is 24.8 Å². The molecular formula is C43H49N5O9S. The molecule has 4 fully saturated rings. The fourth-order valence-corrected chi connectivity index (χ4v) is 9.93. The van der Waals surface area contributed by atoms with E-state index in [4.69, 9.17) is 19.2 Å². The maximum absolute atomic E-state index is 14.8. The summed E-state index contributed by atoms with van der Waals surface area (Å²) in [5.41, 5.74) is 1.36. The summed E-state index contributed by atoms with van der Waals surface area (Å²) < 4.78 is 46.0. The van der Waals surface area contributed by atoms with Crippen molar-refractivity contribution in [2.24, 2.45) is 11.8 Å². The monoisotopic (exact) mass is 811 g/mol. The highest BCUT2D eigenvalue weighted by molar-refractivity contribution is 7.91. The number of carbonyl (C=O) groups is 4. The highest BCUT2D eigenvalue weighted by atomic mass is 32.2. The van der Waals surface area contributed by atoms with Crippen LogP contribution in [0.2, 0.25) is 0 Å². The van der Waals surface area contributed by atoms with Gasteiger partial charge in [-0.25, -0.2) is 18.2 Å². The van der Waals surface area contributed by atoms with Crippen LogP contribution in [0, 0.1) is 11.8 Å². The first-order valence-corrected chi connectivity index (χ1v) is 21.7. The molecule has 5 aliphatic rings. The molecule has 3 N–H and O–H groups in total. The number of hydrogen-bond donors (Lipinski definition) is 3. The summed E-state index contributed by atoms with van der Waals surface area (Å²) in [7, 11) is -2.32. The molecule has 15 heteroatoms. The Morgan fingerprint density at radius 2 is 1.84 bits per heavy atom. The zero-order valence-electron chi connectivity index (χ0n) is 32.5. The molecule has 0 spiro atoms. The third kappa shape index (κ3) is 8.00. The van der Waals surface area contributed by atoms with Crippen molar-refractivity contribution >= 4 is 50.8 Å². The Balaban J connectivity index is 1.18. The number of hydrogen-bond acceptors (Lipinski definition) is 10. The molecule has 2 aromatic carbocycles. The van der Waals surface area contributed by atoms with Gasteiger partial charge in [-0.1, -0.05) is 61.4 Å². The zero-order chi connectivity index (χ0) is 40.6. The highest BCUT2D eigenvalue weighted by Crippen LogP contribution is 2.46. The summed E-state index contributed by atoms with van der Waals surface area (Å²) in [5.74, 6) is -1.53. The third-order valence-corrected chi connectivity index (χ3v) is 13.9. The zero-order valence-corrected chi connectivity index (χ0v) is 33.3. The number of alkyl carbamates (subject to hydrolysis) is 1.